The Bertz CT molecular complexity index is 347. The molecule has 0 saturated carbocycles. The predicted molar refractivity (Wildman–Crippen MR) is 53.9 cm³/mol. The maximum atomic E-state index is 8.61. The molecule has 0 atom stereocenters. The SMILES string of the molecule is CC(C)(C)Oc1ccncc1CC#N. The van der Waals surface area contributed by atoms with Gasteiger partial charge in [0.05, 0.1) is 12.5 Å². The van der Waals surface area contributed by atoms with Gasteiger partial charge < -0.3 is 4.74 Å². The van der Waals surface area contributed by atoms with Crippen LogP contribution in [0.2, 0.25) is 0 Å². The van der Waals surface area contributed by atoms with Crippen molar-refractivity contribution in [1.29, 1.82) is 5.26 Å². The van der Waals surface area contributed by atoms with Gasteiger partial charge in [-0.1, -0.05) is 0 Å². The lowest BCUT2D eigenvalue weighted by Gasteiger charge is -2.22. The van der Waals surface area contributed by atoms with Crippen molar-refractivity contribution >= 4 is 0 Å². The number of nitriles is 1. The number of rotatable bonds is 2. The average Bonchev–Trinajstić information content (AvgIpc) is 2.06. The van der Waals surface area contributed by atoms with Gasteiger partial charge in [0, 0.05) is 18.0 Å². The highest BCUT2D eigenvalue weighted by atomic mass is 16.5. The van der Waals surface area contributed by atoms with Crippen LogP contribution in [0.25, 0.3) is 0 Å². The van der Waals surface area contributed by atoms with Crippen LogP contribution in [0.3, 0.4) is 0 Å². The number of pyridine rings is 1. The van der Waals surface area contributed by atoms with Gasteiger partial charge in [0.2, 0.25) is 0 Å². The highest BCUT2D eigenvalue weighted by molar-refractivity contribution is 5.32. The molecule has 1 heterocycles. The second-order valence-corrected chi connectivity index (χ2v) is 4.03. The summed E-state index contributed by atoms with van der Waals surface area (Å²) in [6.45, 7) is 5.93. The fourth-order valence-corrected chi connectivity index (χ4v) is 1.06. The van der Waals surface area contributed by atoms with Crippen LogP contribution in [-0.2, 0) is 6.42 Å². The molecule has 0 aliphatic carbocycles. The number of ether oxygens (including phenoxy) is 1. The molecular formula is C11H14N2O. The third-order valence-electron chi connectivity index (χ3n) is 1.54. The van der Waals surface area contributed by atoms with Crippen molar-refractivity contribution in [1.82, 2.24) is 4.98 Å². The first-order chi connectivity index (χ1) is 6.53. The molecule has 0 spiro atoms. The fraction of sp³-hybridized carbons (Fsp3) is 0.455. The third kappa shape index (κ3) is 3.06. The highest BCUT2D eigenvalue weighted by Gasteiger charge is 2.14. The summed E-state index contributed by atoms with van der Waals surface area (Å²) < 4.78 is 5.69. The van der Waals surface area contributed by atoms with E-state index in [9.17, 15) is 0 Å². The molecule has 1 rings (SSSR count). The Hall–Kier alpha value is -1.56. The summed E-state index contributed by atoms with van der Waals surface area (Å²) in [5.41, 5.74) is 0.593. The summed E-state index contributed by atoms with van der Waals surface area (Å²) in [6.07, 6.45) is 3.67. The Kier molecular flexibility index (Phi) is 3.08. The van der Waals surface area contributed by atoms with Crippen molar-refractivity contribution < 1.29 is 4.74 Å². The molecule has 0 N–H and O–H groups in total. The van der Waals surface area contributed by atoms with Gasteiger partial charge in [0.25, 0.3) is 0 Å². The lowest BCUT2D eigenvalue weighted by Crippen LogP contribution is -2.23. The van der Waals surface area contributed by atoms with Crippen LogP contribution in [0, 0.1) is 11.3 Å². The third-order valence-corrected chi connectivity index (χ3v) is 1.54. The zero-order valence-corrected chi connectivity index (χ0v) is 8.74. The molecule has 1 aromatic heterocycles. The van der Waals surface area contributed by atoms with Crippen LogP contribution in [0.15, 0.2) is 18.5 Å². The summed E-state index contributed by atoms with van der Waals surface area (Å²) in [5.74, 6) is 0.744. The van der Waals surface area contributed by atoms with Crippen molar-refractivity contribution in [2.24, 2.45) is 0 Å². The van der Waals surface area contributed by atoms with Gasteiger partial charge in [-0.15, -0.1) is 0 Å². The van der Waals surface area contributed by atoms with Crippen LogP contribution in [-0.4, -0.2) is 10.6 Å². The van der Waals surface area contributed by atoms with Crippen molar-refractivity contribution in [2.45, 2.75) is 32.8 Å². The first-order valence-electron chi connectivity index (χ1n) is 4.52. The predicted octanol–water partition coefficient (Wildman–Crippen LogP) is 2.32. The van der Waals surface area contributed by atoms with E-state index in [1.807, 2.05) is 20.8 Å². The molecule has 14 heavy (non-hydrogen) atoms. The molecule has 0 saturated heterocycles. The number of hydrogen-bond acceptors (Lipinski definition) is 3. The topological polar surface area (TPSA) is 45.9 Å². The standard InChI is InChI=1S/C11H14N2O/c1-11(2,3)14-10-5-7-13-8-9(10)4-6-12/h5,7-8H,4H2,1-3H3. The van der Waals surface area contributed by atoms with Gasteiger partial charge >= 0.3 is 0 Å². The average molecular weight is 190 g/mol. The molecule has 0 aliphatic heterocycles. The molecule has 1 aromatic rings. The van der Waals surface area contributed by atoms with E-state index in [0.29, 0.717) is 6.42 Å². The summed E-state index contributed by atoms with van der Waals surface area (Å²) in [5, 5.41) is 8.61. The Morgan fingerprint density at radius 2 is 2.21 bits per heavy atom. The summed E-state index contributed by atoms with van der Waals surface area (Å²) in [7, 11) is 0. The molecule has 0 amide bonds. The first-order valence-corrected chi connectivity index (χ1v) is 4.52. The molecule has 0 unspecified atom stereocenters. The molecular weight excluding hydrogens is 176 g/mol. The smallest absolute Gasteiger partial charge is 0.127 e. The summed E-state index contributed by atoms with van der Waals surface area (Å²) in [6, 6.07) is 3.88. The quantitative estimate of drug-likeness (QED) is 0.719. The van der Waals surface area contributed by atoms with E-state index in [4.69, 9.17) is 10.00 Å². The Balaban J connectivity index is 2.91. The van der Waals surface area contributed by atoms with Gasteiger partial charge in [0.15, 0.2) is 0 Å². The van der Waals surface area contributed by atoms with E-state index in [1.165, 1.54) is 0 Å². The monoisotopic (exact) mass is 190 g/mol. The van der Waals surface area contributed by atoms with Crippen molar-refractivity contribution in [3.63, 3.8) is 0 Å². The highest BCUT2D eigenvalue weighted by Crippen LogP contribution is 2.22. The van der Waals surface area contributed by atoms with E-state index in [2.05, 4.69) is 11.1 Å². The first kappa shape index (κ1) is 10.5. The molecule has 0 radical (unpaired) electrons. The zero-order valence-electron chi connectivity index (χ0n) is 8.74. The van der Waals surface area contributed by atoms with E-state index in [0.717, 1.165) is 11.3 Å². The van der Waals surface area contributed by atoms with Gasteiger partial charge in [0.1, 0.15) is 11.4 Å². The van der Waals surface area contributed by atoms with Crippen LogP contribution >= 0.6 is 0 Å². The fourth-order valence-electron chi connectivity index (χ4n) is 1.06. The maximum absolute atomic E-state index is 8.61. The minimum absolute atomic E-state index is 0.244. The Labute approximate surface area is 84.3 Å². The second kappa shape index (κ2) is 4.10. The van der Waals surface area contributed by atoms with E-state index < -0.39 is 0 Å². The molecule has 3 nitrogen and oxygen atoms in total. The Morgan fingerprint density at radius 3 is 2.79 bits per heavy atom. The van der Waals surface area contributed by atoms with E-state index >= 15 is 0 Å². The number of aromatic nitrogens is 1. The van der Waals surface area contributed by atoms with E-state index in [-0.39, 0.29) is 5.60 Å². The van der Waals surface area contributed by atoms with Gasteiger partial charge in [-0.2, -0.15) is 5.26 Å². The van der Waals surface area contributed by atoms with Crippen molar-refractivity contribution in [3.05, 3.63) is 24.0 Å². The van der Waals surface area contributed by atoms with Gasteiger partial charge in [-0.05, 0) is 26.8 Å². The molecule has 74 valence electrons. The minimum atomic E-state index is -0.244. The zero-order chi connectivity index (χ0) is 10.6. The maximum Gasteiger partial charge on any atom is 0.127 e. The van der Waals surface area contributed by atoms with Crippen LogP contribution in [0.5, 0.6) is 5.75 Å². The second-order valence-electron chi connectivity index (χ2n) is 4.03. The largest absolute Gasteiger partial charge is 0.488 e. The molecule has 0 fully saturated rings. The number of nitrogens with zero attached hydrogens (tertiary/aromatic N) is 2. The lowest BCUT2D eigenvalue weighted by molar-refractivity contribution is 0.129. The summed E-state index contributed by atoms with van der Waals surface area (Å²) in [4.78, 5) is 3.96. The van der Waals surface area contributed by atoms with Crippen molar-refractivity contribution in [3.8, 4) is 11.8 Å². The van der Waals surface area contributed by atoms with Crippen LogP contribution in [0.1, 0.15) is 26.3 Å². The molecule has 0 bridgehead atoms. The van der Waals surface area contributed by atoms with Crippen LogP contribution < -0.4 is 4.74 Å². The normalized spacial score (nSPS) is 10.7. The van der Waals surface area contributed by atoms with Gasteiger partial charge in [-0.25, -0.2) is 0 Å². The lowest BCUT2D eigenvalue weighted by atomic mass is 10.1. The summed E-state index contributed by atoms with van der Waals surface area (Å²) >= 11 is 0. The number of hydrogen-bond donors (Lipinski definition) is 0. The molecule has 3 heteroatoms. The van der Waals surface area contributed by atoms with Crippen molar-refractivity contribution in [2.75, 3.05) is 0 Å². The Morgan fingerprint density at radius 1 is 1.50 bits per heavy atom. The van der Waals surface area contributed by atoms with Gasteiger partial charge in [-0.3, -0.25) is 4.98 Å². The minimum Gasteiger partial charge on any atom is -0.488 e. The molecule has 0 aromatic carbocycles. The molecule has 0 aliphatic rings. The van der Waals surface area contributed by atoms with E-state index in [1.54, 1.807) is 18.5 Å². The van der Waals surface area contributed by atoms with Crippen LogP contribution in [0.4, 0.5) is 0 Å².